The van der Waals surface area contributed by atoms with E-state index in [9.17, 15) is 0 Å². The summed E-state index contributed by atoms with van der Waals surface area (Å²) in [6, 6.07) is 0. The minimum Gasteiger partial charge on any atom is -0.127 e. The molecule has 1 aliphatic carbocycles. The van der Waals surface area contributed by atoms with Crippen molar-refractivity contribution in [1.82, 2.24) is 0 Å². The molecule has 1 fully saturated rings. The van der Waals surface area contributed by atoms with Gasteiger partial charge in [0.2, 0.25) is 0 Å². The summed E-state index contributed by atoms with van der Waals surface area (Å²) in [5.41, 5.74) is 2.34. The van der Waals surface area contributed by atoms with Crippen LogP contribution >= 0.6 is 11.8 Å². The molecule has 2 rings (SSSR count). The molecule has 3 unspecified atom stereocenters. The van der Waals surface area contributed by atoms with Gasteiger partial charge in [-0.2, -0.15) is 0 Å². The summed E-state index contributed by atoms with van der Waals surface area (Å²) in [5, 5.41) is 0.935. The van der Waals surface area contributed by atoms with Crippen LogP contribution in [0.4, 0.5) is 0 Å². The molecule has 0 aromatic carbocycles. The van der Waals surface area contributed by atoms with Crippen molar-refractivity contribution < 1.29 is 0 Å². The van der Waals surface area contributed by atoms with Gasteiger partial charge in [0.15, 0.2) is 0 Å². The predicted octanol–water partition coefficient (Wildman–Crippen LogP) is 6.03. The molecule has 0 aromatic heterocycles. The summed E-state index contributed by atoms with van der Waals surface area (Å²) in [4.78, 5) is 1.76. The fourth-order valence-corrected chi connectivity index (χ4v) is 5.89. The summed E-state index contributed by atoms with van der Waals surface area (Å²) < 4.78 is 0. The maximum absolute atomic E-state index is 2.55. The van der Waals surface area contributed by atoms with Gasteiger partial charge in [0.1, 0.15) is 0 Å². The van der Waals surface area contributed by atoms with Gasteiger partial charge in [-0.05, 0) is 47.8 Å². The zero-order chi connectivity index (χ0) is 13.3. The van der Waals surface area contributed by atoms with Crippen molar-refractivity contribution in [1.29, 1.82) is 0 Å². The Kier molecular flexibility index (Phi) is 4.52. The van der Waals surface area contributed by atoms with Gasteiger partial charge in [0.05, 0.1) is 0 Å². The van der Waals surface area contributed by atoms with E-state index in [1.165, 1.54) is 38.5 Å². The van der Waals surface area contributed by atoms with Crippen molar-refractivity contribution in [2.75, 3.05) is 0 Å². The SMILES string of the molecule is CCC1=C([C@](C)(CC)C(C)CC)C2CCCC2S1. The molecule has 18 heavy (non-hydrogen) atoms. The van der Waals surface area contributed by atoms with Crippen LogP contribution in [0, 0.1) is 17.3 Å². The molecule has 104 valence electrons. The molecule has 0 bridgehead atoms. The Morgan fingerprint density at radius 3 is 2.56 bits per heavy atom. The molecule has 1 heteroatoms. The lowest BCUT2D eigenvalue weighted by Gasteiger charge is -2.39. The van der Waals surface area contributed by atoms with Crippen LogP contribution < -0.4 is 0 Å². The first-order chi connectivity index (χ1) is 8.58. The van der Waals surface area contributed by atoms with Gasteiger partial charge >= 0.3 is 0 Å². The smallest absolute Gasteiger partial charge is 0.0157 e. The lowest BCUT2D eigenvalue weighted by Crippen LogP contribution is -2.31. The van der Waals surface area contributed by atoms with Gasteiger partial charge in [-0.25, -0.2) is 0 Å². The highest BCUT2D eigenvalue weighted by atomic mass is 32.2. The van der Waals surface area contributed by atoms with Gasteiger partial charge in [-0.1, -0.05) is 53.0 Å². The molecule has 0 radical (unpaired) electrons. The molecule has 2 aliphatic rings. The van der Waals surface area contributed by atoms with Crippen LogP contribution in [0.15, 0.2) is 10.5 Å². The molecule has 1 aliphatic heterocycles. The van der Waals surface area contributed by atoms with Crippen molar-refractivity contribution in [3.05, 3.63) is 10.5 Å². The standard InChI is InChI=1S/C17H30S/c1-6-12(4)17(5,8-3)16-13-10-9-11-15(13)18-14(16)7-2/h12-13,15H,6-11H2,1-5H3/t12?,13?,15?,17-/m1/s1. The maximum atomic E-state index is 2.55. The van der Waals surface area contributed by atoms with E-state index in [-0.39, 0.29) is 0 Å². The predicted molar refractivity (Wildman–Crippen MR) is 83.9 cm³/mol. The molecule has 0 aromatic rings. The summed E-state index contributed by atoms with van der Waals surface area (Å²) in [7, 11) is 0. The van der Waals surface area contributed by atoms with Crippen LogP contribution in [0.2, 0.25) is 0 Å². The Morgan fingerprint density at radius 1 is 1.28 bits per heavy atom. The lowest BCUT2D eigenvalue weighted by molar-refractivity contribution is 0.218. The molecule has 4 atom stereocenters. The van der Waals surface area contributed by atoms with E-state index in [1.54, 1.807) is 4.91 Å². The third kappa shape index (κ3) is 2.17. The third-order valence-electron chi connectivity index (χ3n) is 5.79. The van der Waals surface area contributed by atoms with Crippen LogP contribution in [0.5, 0.6) is 0 Å². The van der Waals surface area contributed by atoms with Crippen molar-refractivity contribution in [2.45, 2.75) is 78.4 Å². The van der Waals surface area contributed by atoms with E-state index in [0.29, 0.717) is 5.41 Å². The van der Waals surface area contributed by atoms with Gasteiger partial charge in [-0.15, -0.1) is 11.8 Å². The first kappa shape index (κ1) is 14.5. The summed E-state index contributed by atoms with van der Waals surface area (Å²) >= 11 is 2.24. The van der Waals surface area contributed by atoms with Crippen molar-refractivity contribution in [3.63, 3.8) is 0 Å². The van der Waals surface area contributed by atoms with E-state index in [4.69, 9.17) is 0 Å². The third-order valence-corrected chi connectivity index (χ3v) is 7.45. The Bertz CT molecular complexity index is 331. The summed E-state index contributed by atoms with van der Waals surface area (Å²) in [6.07, 6.45) is 8.27. The highest BCUT2D eigenvalue weighted by Crippen LogP contribution is 2.59. The molecular formula is C17H30S. The Balaban J connectivity index is 2.37. The largest absolute Gasteiger partial charge is 0.127 e. The second kappa shape index (κ2) is 5.61. The first-order valence-corrected chi connectivity index (χ1v) is 8.86. The molecule has 1 saturated carbocycles. The van der Waals surface area contributed by atoms with Crippen molar-refractivity contribution in [3.8, 4) is 0 Å². The summed E-state index contributed by atoms with van der Waals surface area (Å²) in [6.45, 7) is 12.1. The molecule has 1 heterocycles. The average molecular weight is 266 g/mol. The van der Waals surface area contributed by atoms with Gasteiger partial charge in [0, 0.05) is 5.25 Å². The van der Waals surface area contributed by atoms with Crippen LogP contribution in [-0.2, 0) is 0 Å². The fraction of sp³-hybridized carbons (Fsp3) is 0.882. The van der Waals surface area contributed by atoms with Crippen LogP contribution in [-0.4, -0.2) is 5.25 Å². The minimum atomic E-state index is 0.455. The van der Waals surface area contributed by atoms with Crippen molar-refractivity contribution in [2.24, 2.45) is 17.3 Å². The number of rotatable bonds is 5. The number of hydrogen-bond acceptors (Lipinski definition) is 1. The second-order valence-corrected chi connectivity index (χ2v) is 7.80. The highest BCUT2D eigenvalue weighted by Gasteiger charge is 2.46. The van der Waals surface area contributed by atoms with E-state index < -0.39 is 0 Å². The Labute approximate surface area is 118 Å². The Morgan fingerprint density at radius 2 is 2.00 bits per heavy atom. The number of allylic oxidation sites excluding steroid dienone is 2. The fourth-order valence-electron chi connectivity index (χ4n) is 4.12. The van der Waals surface area contributed by atoms with Crippen LogP contribution in [0.1, 0.15) is 73.1 Å². The lowest BCUT2D eigenvalue weighted by atomic mass is 9.65. The maximum Gasteiger partial charge on any atom is 0.0157 e. The highest BCUT2D eigenvalue weighted by molar-refractivity contribution is 8.04. The van der Waals surface area contributed by atoms with Gasteiger partial charge in [0.25, 0.3) is 0 Å². The number of thioether (sulfide) groups is 1. The molecule has 0 nitrogen and oxygen atoms in total. The molecule has 0 amide bonds. The van der Waals surface area contributed by atoms with Gasteiger partial charge in [-0.3, -0.25) is 0 Å². The van der Waals surface area contributed by atoms with Crippen LogP contribution in [0.25, 0.3) is 0 Å². The summed E-state index contributed by atoms with van der Waals surface area (Å²) in [5.74, 6) is 1.74. The average Bonchev–Trinajstić information content (AvgIpc) is 2.96. The molecule has 0 N–H and O–H groups in total. The van der Waals surface area contributed by atoms with E-state index in [0.717, 1.165) is 17.1 Å². The molecule has 0 spiro atoms. The Hall–Kier alpha value is 0.0900. The van der Waals surface area contributed by atoms with E-state index >= 15 is 0 Å². The van der Waals surface area contributed by atoms with Crippen LogP contribution in [0.3, 0.4) is 0 Å². The number of fused-ring (bicyclic) bond motifs is 1. The minimum absolute atomic E-state index is 0.455. The van der Waals surface area contributed by atoms with E-state index in [2.05, 4.69) is 46.4 Å². The molecule has 0 saturated heterocycles. The monoisotopic (exact) mass is 266 g/mol. The quantitative estimate of drug-likeness (QED) is 0.585. The zero-order valence-electron chi connectivity index (χ0n) is 12.9. The molecular weight excluding hydrogens is 236 g/mol. The van der Waals surface area contributed by atoms with E-state index in [1.807, 2.05) is 5.57 Å². The zero-order valence-corrected chi connectivity index (χ0v) is 13.7. The first-order valence-electron chi connectivity index (χ1n) is 7.98. The van der Waals surface area contributed by atoms with Gasteiger partial charge < -0.3 is 0 Å². The topological polar surface area (TPSA) is 0 Å². The second-order valence-electron chi connectivity index (χ2n) is 6.46. The normalized spacial score (nSPS) is 32.5. The van der Waals surface area contributed by atoms with Crippen molar-refractivity contribution >= 4 is 11.8 Å². The number of hydrogen-bond donors (Lipinski definition) is 0.